The Morgan fingerprint density at radius 2 is 1.84 bits per heavy atom. The summed E-state index contributed by atoms with van der Waals surface area (Å²) in [4.78, 5) is 27.4. The molecule has 1 aliphatic rings. The SMILES string of the molecule is O=C(CCCc1ccc(F)cc1)c1n[nH]c2c1CCN(C(=O)c1ccc3n[nH]nc3c1)C2. The van der Waals surface area contributed by atoms with Crippen LogP contribution in [0.3, 0.4) is 0 Å². The molecule has 0 unspecified atom stereocenters. The van der Waals surface area contributed by atoms with Crippen LogP contribution in [-0.2, 0) is 19.4 Å². The average molecular weight is 432 g/mol. The highest BCUT2D eigenvalue weighted by Gasteiger charge is 2.28. The second kappa shape index (κ2) is 8.33. The molecule has 0 saturated heterocycles. The Bertz CT molecular complexity index is 1290. The fourth-order valence-electron chi connectivity index (χ4n) is 4.10. The summed E-state index contributed by atoms with van der Waals surface area (Å²) in [7, 11) is 0. The van der Waals surface area contributed by atoms with Gasteiger partial charge in [0.25, 0.3) is 5.91 Å². The lowest BCUT2D eigenvalue weighted by atomic mass is 9.98. The first kappa shape index (κ1) is 20.0. The molecule has 3 heterocycles. The van der Waals surface area contributed by atoms with E-state index in [0.717, 1.165) is 16.8 Å². The maximum Gasteiger partial charge on any atom is 0.254 e. The number of benzene rings is 2. The number of rotatable bonds is 6. The van der Waals surface area contributed by atoms with Crippen molar-refractivity contribution in [2.45, 2.75) is 32.2 Å². The highest BCUT2D eigenvalue weighted by molar-refractivity contribution is 5.98. The zero-order valence-electron chi connectivity index (χ0n) is 17.3. The number of Topliss-reactive ketones (excluding diaryl/α,β-unsaturated/α-hetero) is 1. The lowest BCUT2D eigenvalue weighted by molar-refractivity contribution is 0.0732. The van der Waals surface area contributed by atoms with Crippen LogP contribution in [0.2, 0.25) is 0 Å². The quantitative estimate of drug-likeness (QED) is 0.455. The number of aromatic nitrogens is 5. The third-order valence-corrected chi connectivity index (χ3v) is 5.83. The van der Waals surface area contributed by atoms with Gasteiger partial charge in [0, 0.05) is 24.1 Å². The number of amides is 1. The summed E-state index contributed by atoms with van der Waals surface area (Å²) in [6.45, 7) is 0.888. The lowest BCUT2D eigenvalue weighted by Gasteiger charge is -2.27. The summed E-state index contributed by atoms with van der Waals surface area (Å²) < 4.78 is 13.0. The van der Waals surface area contributed by atoms with Crippen LogP contribution in [-0.4, -0.2) is 48.7 Å². The molecule has 0 fully saturated rings. The molecule has 9 heteroatoms. The number of ketones is 1. The molecule has 2 aromatic heterocycles. The number of nitrogens with one attached hydrogen (secondary N) is 2. The number of carbonyl (C=O) groups is 2. The Morgan fingerprint density at radius 1 is 1.03 bits per heavy atom. The van der Waals surface area contributed by atoms with Crippen LogP contribution in [0, 0.1) is 5.82 Å². The van der Waals surface area contributed by atoms with Crippen molar-refractivity contribution in [3.63, 3.8) is 0 Å². The van der Waals surface area contributed by atoms with Gasteiger partial charge in [-0.15, -0.1) is 0 Å². The number of aromatic amines is 2. The van der Waals surface area contributed by atoms with Gasteiger partial charge in [-0.25, -0.2) is 4.39 Å². The van der Waals surface area contributed by atoms with Gasteiger partial charge in [-0.1, -0.05) is 12.1 Å². The average Bonchev–Trinajstić information content (AvgIpc) is 3.45. The van der Waals surface area contributed by atoms with E-state index in [-0.39, 0.29) is 17.5 Å². The first-order valence-corrected chi connectivity index (χ1v) is 10.5. The van der Waals surface area contributed by atoms with E-state index < -0.39 is 0 Å². The molecule has 162 valence electrons. The van der Waals surface area contributed by atoms with Gasteiger partial charge in [0.05, 0.1) is 12.2 Å². The van der Waals surface area contributed by atoms with Crippen molar-refractivity contribution in [2.75, 3.05) is 6.54 Å². The summed E-state index contributed by atoms with van der Waals surface area (Å²) in [6.07, 6.45) is 2.32. The normalized spacial score (nSPS) is 13.3. The molecule has 2 N–H and O–H groups in total. The van der Waals surface area contributed by atoms with Gasteiger partial charge in [-0.3, -0.25) is 14.7 Å². The maximum atomic E-state index is 13.0. The Labute approximate surface area is 182 Å². The highest BCUT2D eigenvalue weighted by atomic mass is 19.1. The molecule has 32 heavy (non-hydrogen) atoms. The number of hydrogen-bond acceptors (Lipinski definition) is 5. The van der Waals surface area contributed by atoms with E-state index in [1.807, 2.05) is 0 Å². The molecule has 4 aromatic rings. The minimum atomic E-state index is -0.265. The van der Waals surface area contributed by atoms with E-state index >= 15 is 0 Å². The van der Waals surface area contributed by atoms with Crippen molar-refractivity contribution >= 4 is 22.7 Å². The first-order valence-electron chi connectivity index (χ1n) is 10.5. The van der Waals surface area contributed by atoms with Crippen molar-refractivity contribution in [1.29, 1.82) is 0 Å². The van der Waals surface area contributed by atoms with Crippen LogP contribution in [0.1, 0.15) is 50.5 Å². The Balaban J connectivity index is 1.22. The van der Waals surface area contributed by atoms with E-state index in [2.05, 4.69) is 25.6 Å². The third kappa shape index (κ3) is 3.89. The summed E-state index contributed by atoms with van der Waals surface area (Å²) in [6, 6.07) is 11.6. The number of hydrogen-bond donors (Lipinski definition) is 2. The largest absolute Gasteiger partial charge is 0.332 e. The van der Waals surface area contributed by atoms with Crippen LogP contribution in [0.5, 0.6) is 0 Å². The fourth-order valence-corrected chi connectivity index (χ4v) is 4.10. The molecule has 0 atom stereocenters. The summed E-state index contributed by atoms with van der Waals surface area (Å²) in [5.41, 5.74) is 5.06. The molecule has 0 spiro atoms. The molecule has 0 radical (unpaired) electrons. The maximum absolute atomic E-state index is 13.0. The molecule has 8 nitrogen and oxygen atoms in total. The van der Waals surface area contributed by atoms with Crippen molar-refractivity contribution < 1.29 is 14.0 Å². The Hall–Kier alpha value is -3.88. The zero-order valence-corrected chi connectivity index (χ0v) is 17.3. The van der Waals surface area contributed by atoms with E-state index in [0.29, 0.717) is 61.1 Å². The number of nitrogens with zero attached hydrogens (tertiary/aromatic N) is 4. The van der Waals surface area contributed by atoms with E-state index in [1.54, 1.807) is 35.2 Å². The van der Waals surface area contributed by atoms with Crippen LogP contribution in [0.4, 0.5) is 4.39 Å². The number of halogens is 1. The fraction of sp³-hybridized carbons (Fsp3) is 0.261. The van der Waals surface area contributed by atoms with E-state index in [4.69, 9.17) is 0 Å². The van der Waals surface area contributed by atoms with Gasteiger partial charge in [-0.2, -0.15) is 20.5 Å². The Morgan fingerprint density at radius 3 is 2.69 bits per heavy atom. The van der Waals surface area contributed by atoms with Gasteiger partial charge in [-0.05, 0) is 55.2 Å². The monoisotopic (exact) mass is 432 g/mol. The first-order chi connectivity index (χ1) is 15.6. The second-order valence-electron chi connectivity index (χ2n) is 7.94. The lowest BCUT2D eigenvalue weighted by Crippen LogP contribution is -2.36. The van der Waals surface area contributed by atoms with Crippen LogP contribution >= 0.6 is 0 Å². The molecule has 0 saturated carbocycles. The van der Waals surface area contributed by atoms with Crippen molar-refractivity contribution in [3.05, 3.63) is 76.4 Å². The molecule has 2 aromatic carbocycles. The molecule has 1 aliphatic heterocycles. The van der Waals surface area contributed by atoms with E-state index in [9.17, 15) is 14.0 Å². The van der Waals surface area contributed by atoms with Gasteiger partial charge in [0.15, 0.2) is 5.78 Å². The highest BCUT2D eigenvalue weighted by Crippen LogP contribution is 2.24. The van der Waals surface area contributed by atoms with Gasteiger partial charge in [0.2, 0.25) is 0 Å². The molecule has 0 aliphatic carbocycles. The molecular weight excluding hydrogens is 411 g/mol. The number of aryl methyl sites for hydroxylation is 1. The predicted molar refractivity (Wildman–Crippen MR) is 115 cm³/mol. The number of fused-ring (bicyclic) bond motifs is 2. The molecular formula is C23H21FN6O2. The standard InChI is InChI=1S/C23H21FN6O2/c24-16-7-4-14(5-8-16)2-1-3-21(31)22-17-10-11-30(13-20(17)25-28-22)23(32)15-6-9-18-19(12-15)27-29-26-18/h4-9,12H,1-3,10-11,13H2,(H,25,28)(H,26,27,29). The third-order valence-electron chi connectivity index (χ3n) is 5.83. The van der Waals surface area contributed by atoms with Crippen molar-refractivity contribution in [3.8, 4) is 0 Å². The smallest absolute Gasteiger partial charge is 0.254 e. The van der Waals surface area contributed by atoms with Gasteiger partial charge < -0.3 is 4.90 Å². The zero-order chi connectivity index (χ0) is 22.1. The van der Waals surface area contributed by atoms with Crippen LogP contribution in [0.15, 0.2) is 42.5 Å². The van der Waals surface area contributed by atoms with E-state index in [1.165, 1.54) is 12.1 Å². The minimum absolute atomic E-state index is 0.0131. The number of carbonyl (C=O) groups excluding carboxylic acids is 2. The molecule has 5 rings (SSSR count). The Kier molecular flexibility index (Phi) is 5.22. The van der Waals surface area contributed by atoms with Gasteiger partial charge >= 0.3 is 0 Å². The predicted octanol–water partition coefficient (Wildman–Crippen LogP) is 3.22. The molecule has 0 bridgehead atoms. The summed E-state index contributed by atoms with van der Waals surface area (Å²) in [5, 5.41) is 17.8. The van der Waals surface area contributed by atoms with Crippen molar-refractivity contribution in [2.24, 2.45) is 0 Å². The molecule has 1 amide bonds. The number of H-pyrrole nitrogens is 2. The van der Waals surface area contributed by atoms with Crippen molar-refractivity contribution in [1.82, 2.24) is 30.5 Å². The van der Waals surface area contributed by atoms with Gasteiger partial charge in [0.1, 0.15) is 22.5 Å². The summed E-state index contributed by atoms with van der Waals surface area (Å²) >= 11 is 0. The second-order valence-corrected chi connectivity index (χ2v) is 7.94. The summed E-state index contributed by atoms with van der Waals surface area (Å²) in [5.74, 6) is -0.373. The van der Waals surface area contributed by atoms with Crippen LogP contribution < -0.4 is 0 Å². The topological polar surface area (TPSA) is 108 Å². The minimum Gasteiger partial charge on any atom is -0.332 e. The van der Waals surface area contributed by atoms with Crippen LogP contribution in [0.25, 0.3) is 11.0 Å².